The van der Waals surface area contributed by atoms with Crippen LogP contribution in [0, 0.1) is 13.8 Å². The Labute approximate surface area is 211 Å². The number of amides is 3. The number of nitrogens with one attached hydrogen (secondary N) is 1. The number of likely N-dealkylation sites (tertiary alicyclic amines) is 1. The quantitative estimate of drug-likeness (QED) is 0.484. The lowest BCUT2D eigenvalue weighted by Gasteiger charge is -2.37. The van der Waals surface area contributed by atoms with Gasteiger partial charge in [-0.05, 0) is 61.4 Å². The van der Waals surface area contributed by atoms with Crippen LogP contribution in [0.3, 0.4) is 0 Å². The van der Waals surface area contributed by atoms with Gasteiger partial charge in [0.1, 0.15) is 0 Å². The predicted octanol–water partition coefficient (Wildman–Crippen LogP) is 3.66. The highest BCUT2D eigenvalue weighted by atomic mass is 16.6. The molecule has 2 aromatic rings. The maximum absolute atomic E-state index is 12.9. The lowest BCUT2D eigenvalue weighted by atomic mass is 10.0. The smallest absolute Gasteiger partial charge is 0.410 e. The van der Waals surface area contributed by atoms with E-state index in [0.29, 0.717) is 38.2 Å². The molecule has 0 radical (unpaired) electrons. The fourth-order valence-corrected chi connectivity index (χ4v) is 5.00. The van der Waals surface area contributed by atoms with Crippen LogP contribution in [0.2, 0.25) is 0 Å². The molecule has 0 saturated carbocycles. The number of rotatable bonds is 5. The highest BCUT2D eigenvalue weighted by Gasteiger charge is 2.33. The van der Waals surface area contributed by atoms with E-state index < -0.39 is 18.2 Å². The summed E-state index contributed by atoms with van der Waals surface area (Å²) in [5.74, 6) is -0.605. The Bertz CT molecular complexity index is 1120. The molecule has 1 saturated heterocycles. The second-order valence-electron chi connectivity index (χ2n) is 9.49. The van der Waals surface area contributed by atoms with E-state index in [4.69, 9.17) is 15.2 Å². The SMILES string of the molecule is COC(=O)C(Cc1cc(C)c(N)c(C)c1)OC(=O)N1CCC(N2CCc3ccccc3NC2=O)CC1. The molecule has 3 amide bonds. The number of methoxy groups -OCH3 is 1. The fourth-order valence-electron chi connectivity index (χ4n) is 5.00. The molecule has 2 aliphatic rings. The standard InChI is InChI=1S/C27H34N4O5/c1-17-14-19(15-18(2)24(17)28)16-23(25(32)35-3)36-27(34)30-11-9-21(10-12-30)31-13-8-20-6-4-5-7-22(20)29-26(31)33/h4-7,14-15,21,23H,8-13,16,28H2,1-3H3,(H,29,33). The number of nitrogens with zero attached hydrogens (tertiary/aromatic N) is 2. The monoisotopic (exact) mass is 494 g/mol. The van der Waals surface area contributed by atoms with E-state index in [2.05, 4.69) is 5.32 Å². The Morgan fingerprint density at radius 1 is 1.11 bits per heavy atom. The number of nitrogens with two attached hydrogens (primary N) is 1. The maximum Gasteiger partial charge on any atom is 0.410 e. The van der Waals surface area contributed by atoms with Crippen LogP contribution in [0.5, 0.6) is 0 Å². The van der Waals surface area contributed by atoms with Gasteiger partial charge in [0, 0.05) is 43.5 Å². The minimum absolute atomic E-state index is 0.0282. The third-order valence-corrected chi connectivity index (χ3v) is 7.09. The molecule has 1 unspecified atom stereocenters. The van der Waals surface area contributed by atoms with E-state index in [1.807, 2.05) is 55.1 Å². The summed E-state index contributed by atoms with van der Waals surface area (Å²) >= 11 is 0. The highest BCUT2D eigenvalue weighted by molar-refractivity contribution is 5.91. The summed E-state index contributed by atoms with van der Waals surface area (Å²) < 4.78 is 10.5. The van der Waals surface area contributed by atoms with Crippen molar-refractivity contribution in [1.29, 1.82) is 0 Å². The number of piperidine rings is 1. The lowest BCUT2D eigenvalue weighted by Crippen LogP contribution is -2.50. The van der Waals surface area contributed by atoms with E-state index in [-0.39, 0.29) is 18.5 Å². The number of ether oxygens (including phenoxy) is 2. The second-order valence-corrected chi connectivity index (χ2v) is 9.49. The molecular weight excluding hydrogens is 460 g/mol. The zero-order chi connectivity index (χ0) is 25.8. The van der Waals surface area contributed by atoms with Gasteiger partial charge in [-0.1, -0.05) is 30.3 Å². The molecule has 2 aliphatic heterocycles. The molecule has 9 heteroatoms. The largest absolute Gasteiger partial charge is 0.466 e. The molecule has 1 atom stereocenters. The van der Waals surface area contributed by atoms with E-state index >= 15 is 0 Å². The van der Waals surface area contributed by atoms with Crippen LogP contribution in [-0.2, 0) is 27.1 Å². The Kier molecular flexibility index (Phi) is 7.67. The molecular formula is C27H34N4O5. The highest BCUT2D eigenvalue weighted by Crippen LogP contribution is 2.25. The van der Waals surface area contributed by atoms with E-state index in [9.17, 15) is 14.4 Å². The topological polar surface area (TPSA) is 114 Å². The number of nitrogen functional groups attached to an aromatic ring is 1. The Hall–Kier alpha value is -3.75. The number of para-hydroxylation sites is 1. The Morgan fingerprint density at radius 3 is 2.44 bits per heavy atom. The number of carbonyl (C=O) groups excluding carboxylic acids is 3. The van der Waals surface area contributed by atoms with Crippen LogP contribution in [-0.4, -0.2) is 66.8 Å². The number of hydrogen-bond donors (Lipinski definition) is 2. The number of benzene rings is 2. The molecule has 2 aromatic carbocycles. The summed E-state index contributed by atoms with van der Waals surface area (Å²) in [5.41, 5.74) is 11.4. The summed E-state index contributed by atoms with van der Waals surface area (Å²) in [6.45, 7) is 5.31. The number of urea groups is 1. The van der Waals surface area contributed by atoms with Crippen molar-refractivity contribution in [1.82, 2.24) is 9.80 Å². The van der Waals surface area contributed by atoms with Gasteiger partial charge < -0.3 is 30.3 Å². The number of carbonyl (C=O) groups is 3. The molecule has 0 aliphatic carbocycles. The summed E-state index contributed by atoms with van der Waals surface area (Å²) in [5, 5.41) is 3.01. The van der Waals surface area contributed by atoms with E-state index in [1.165, 1.54) is 7.11 Å². The molecule has 9 nitrogen and oxygen atoms in total. The van der Waals surface area contributed by atoms with Crippen molar-refractivity contribution in [2.24, 2.45) is 0 Å². The molecule has 1 fully saturated rings. The number of fused-ring (bicyclic) bond motifs is 1. The first kappa shape index (κ1) is 25.3. The normalized spacial score (nSPS) is 17.0. The molecule has 0 aromatic heterocycles. The van der Waals surface area contributed by atoms with Crippen molar-refractivity contribution in [2.75, 3.05) is 37.8 Å². The van der Waals surface area contributed by atoms with Gasteiger partial charge in [0.05, 0.1) is 7.11 Å². The number of anilines is 2. The van der Waals surface area contributed by atoms with Crippen molar-refractivity contribution in [2.45, 2.75) is 51.7 Å². The van der Waals surface area contributed by atoms with E-state index in [0.717, 1.165) is 34.4 Å². The zero-order valence-corrected chi connectivity index (χ0v) is 21.1. The van der Waals surface area contributed by atoms with Crippen LogP contribution in [0.1, 0.15) is 35.1 Å². The van der Waals surface area contributed by atoms with Gasteiger partial charge in [-0.3, -0.25) is 0 Å². The van der Waals surface area contributed by atoms with Gasteiger partial charge in [0.25, 0.3) is 0 Å². The molecule has 4 rings (SSSR count). The van der Waals surface area contributed by atoms with Crippen molar-refractivity contribution >= 4 is 29.5 Å². The minimum Gasteiger partial charge on any atom is -0.466 e. The molecule has 3 N–H and O–H groups in total. The first-order valence-electron chi connectivity index (χ1n) is 12.3. The summed E-state index contributed by atoms with van der Waals surface area (Å²) in [6, 6.07) is 11.5. The van der Waals surface area contributed by atoms with Crippen LogP contribution < -0.4 is 11.1 Å². The third kappa shape index (κ3) is 5.56. The zero-order valence-electron chi connectivity index (χ0n) is 21.1. The second kappa shape index (κ2) is 10.9. The van der Waals surface area contributed by atoms with Gasteiger partial charge in [-0.25, -0.2) is 14.4 Å². The molecule has 2 heterocycles. The van der Waals surface area contributed by atoms with Crippen LogP contribution in [0.4, 0.5) is 21.0 Å². The molecule has 0 bridgehead atoms. The number of esters is 1. The molecule has 192 valence electrons. The van der Waals surface area contributed by atoms with Gasteiger partial charge in [-0.15, -0.1) is 0 Å². The lowest BCUT2D eigenvalue weighted by molar-refractivity contribution is -0.151. The Balaban J connectivity index is 1.35. The van der Waals surface area contributed by atoms with Gasteiger partial charge in [-0.2, -0.15) is 0 Å². The first-order valence-corrected chi connectivity index (χ1v) is 12.3. The summed E-state index contributed by atoms with van der Waals surface area (Å²) in [6.07, 6.45) is 0.641. The third-order valence-electron chi connectivity index (χ3n) is 7.09. The summed E-state index contributed by atoms with van der Waals surface area (Å²) in [4.78, 5) is 41.6. The van der Waals surface area contributed by atoms with Crippen molar-refractivity contribution in [3.8, 4) is 0 Å². The summed E-state index contributed by atoms with van der Waals surface area (Å²) in [7, 11) is 1.28. The van der Waals surface area contributed by atoms with E-state index in [1.54, 1.807) is 4.90 Å². The molecule has 36 heavy (non-hydrogen) atoms. The van der Waals surface area contributed by atoms with Crippen LogP contribution >= 0.6 is 0 Å². The maximum atomic E-state index is 12.9. The van der Waals surface area contributed by atoms with Crippen molar-refractivity contribution in [3.05, 3.63) is 58.7 Å². The van der Waals surface area contributed by atoms with Gasteiger partial charge in [0.2, 0.25) is 6.10 Å². The molecule has 0 spiro atoms. The van der Waals surface area contributed by atoms with Crippen molar-refractivity contribution in [3.63, 3.8) is 0 Å². The average Bonchev–Trinajstić information content (AvgIpc) is 3.04. The average molecular weight is 495 g/mol. The van der Waals surface area contributed by atoms with Gasteiger partial charge in [0.15, 0.2) is 0 Å². The number of aryl methyl sites for hydroxylation is 2. The van der Waals surface area contributed by atoms with Crippen molar-refractivity contribution < 1.29 is 23.9 Å². The Morgan fingerprint density at radius 2 is 1.78 bits per heavy atom. The fraction of sp³-hybridized carbons (Fsp3) is 0.444. The van der Waals surface area contributed by atoms with Gasteiger partial charge >= 0.3 is 18.1 Å². The number of hydrogen-bond acceptors (Lipinski definition) is 6. The van der Waals surface area contributed by atoms with Crippen LogP contribution in [0.15, 0.2) is 36.4 Å². The predicted molar refractivity (Wildman–Crippen MR) is 137 cm³/mol. The first-order chi connectivity index (χ1) is 17.3. The minimum atomic E-state index is -1.06. The van der Waals surface area contributed by atoms with Crippen LogP contribution in [0.25, 0.3) is 0 Å².